The third kappa shape index (κ3) is 3.27. The first-order valence-corrected chi connectivity index (χ1v) is 6.60. The van der Waals surface area contributed by atoms with E-state index in [1.165, 1.54) is 18.2 Å². The van der Waals surface area contributed by atoms with Gasteiger partial charge in [-0.3, -0.25) is 4.79 Å². The van der Waals surface area contributed by atoms with E-state index in [1.807, 2.05) is 0 Å². The number of rotatable bonds is 3. The van der Waals surface area contributed by atoms with Crippen molar-refractivity contribution in [2.75, 3.05) is 5.32 Å². The van der Waals surface area contributed by atoms with Crippen molar-refractivity contribution >= 4 is 17.6 Å². The number of nitrogens with two attached hydrogens (primary N) is 1. The van der Waals surface area contributed by atoms with Crippen molar-refractivity contribution < 1.29 is 19.8 Å². The third-order valence-electron chi connectivity index (χ3n) is 3.59. The predicted octanol–water partition coefficient (Wildman–Crippen LogP) is 1.55. The molecular weight excluding hydrogens is 260 g/mol. The van der Waals surface area contributed by atoms with E-state index in [4.69, 9.17) is 10.8 Å². The molecule has 0 spiro atoms. The van der Waals surface area contributed by atoms with Crippen molar-refractivity contribution in [1.82, 2.24) is 0 Å². The lowest BCUT2D eigenvalue weighted by atomic mass is 9.85. The average Bonchev–Trinajstić information content (AvgIpc) is 2.41. The minimum absolute atomic E-state index is 0.0124. The molecule has 1 aliphatic rings. The van der Waals surface area contributed by atoms with Crippen molar-refractivity contribution in [2.45, 2.75) is 31.7 Å². The molecule has 0 radical (unpaired) electrons. The molecule has 1 aromatic rings. The predicted molar refractivity (Wildman–Crippen MR) is 73.6 cm³/mol. The minimum Gasteiger partial charge on any atom is -0.506 e. The van der Waals surface area contributed by atoms with E-state index in [0.29, 0.717) is 6.42 Å². The van der Waals surface area contributed by atoms with Gasteiger partial charge in [0.05, 0.1) is 11.3 Å². The van der Waals surface area contributed by atoms with Crippen LogP contribution in [0.1, 0.15) is 36.0 Å². The molecule has 0 saturated heterocycles. The van der Waals surface area contributed by atoms with Gasteiger partial charge in [0.25, 0.3) is 0 Å². The van der Waals surface area contributed by atoms with Crippen LogP contribution in [0.5, 0.6) is 5.75 Å². The fourth-order valence-electron chi connectivity index (χ4n) is 2.47. The summed E-state index contributed by atoms with van der Waals surface area (Å²) in [6.45, 7) is 0. The van der Waals surface area contributed by atoms with Crippen LogP contribution in [-0.4, -0.2) is 28.1 Å². The summed E-state index contributed by atoms with van der Waals surface area (Å²) in [7, 11) is 0. The van der Waals surface area contributed by atoms with E-state index in [0.717, 1.165) is 19.3 Å². The summed E-state index contributed by atoms with van der Waals surface area (Å²) in [5.41, 5.74) is 5.97. The lowest BCUT2D eigenvalue weighted by molar-refractivity contribution is -0.120. The van der Waals surface area contributed by atoms with Crippen LogP contribution in [0, 0.1) is 5.92 Å². The van der Waals surface area contributed by atoms with Gasteiger partial charge in [-0.15, -0.1) is 0 Å². The van der Waals surface area contributed by atoms with Gasteiger partial charge < -0.3 is 21.3 Å². The Morgan fingerprint density at radius 3 is 2.70 bits per heavy atom. The summed E-state index contributed by atoms with van der Waals surface area (Å²) in [6.07, 6.45) is 3.20. The number of aromatic carboxylic acids is 1. The van der Waals surface area contributed by atoms with Crippen LogP contribution in [0.4, 0.5) is 5.69 Å². The number of amides is 1. The Bertz CT molecular complexity index is 530. The standard InChI is InChI=1S/C14H18N2O4/c15-10-3-1-2-8(6-10)13(18)16-11-7-9(14(19)20)4-5-12(11)17/h4-5,7-8,10,17H,1-3,6,15H2,(H,16,18)(H,19,20). The van der Waals surface area contributed by atoms with Crippen molar-refractivity contribution in [3.05, 3.63) is 23.8 Å². The number of phenolic OH excluding ortho intramolecular Hbond substituents is 1. The molecule has 2 atom stereocenters. The zero-order valence-electron chi connectivity index (χ0n) is 11.0. The van der Waals surface area contributed by atoms with Crippen molar-refractivity contribution in [3.8, 4) is 5.75 Å². The Morgan fingerprint density at radius 2 is 2.05 bits per heavy atom. The fourth-order valence-corrected chi connectivity index (χ4v) is 2.47. The molecular formula is C14H18N2O4. The summed E-state index contributed by atoms with van der Waals surface area (Å²) in [4.78, 5) is 23.0. The number of carbonyl (C=O) groups is 2. The van der Waals surface area contributed by atoms with Gasteiger partial charge in [-0.25, -0.2) is 4.79 Å². The molecule has 2 rings (SSSR count). The largest absolute Gasteiger partial charge is 0.506 e. The van der Waals surface area contributed by atoms with Crippen LogP contribution < -0.4 is 11.1 Å². The second-order valence-electron chi connectivity index (χ2n) is 5.15. The number of aromatic hydroxyl groups is 1. The molecule has 2 unspecified atom stereocenters. The number of hydrogen-bond acceptors (Lipinski definition) is 4. The van der Waals surface area contributed by atoms with Gasteiger partial charge >= 0.3 is 5.97 Å². The SMILES string of the molecule is NC1CCCC(C(=O)Nc2cc(C(=O)O)ccc2O)C1. The number of hydrogen-bond donors (Lipinski definition) is 4. The Morgan fingerprint density at radius 1 is 1.30 bits per heavy atom. The lowest BCUT2D eigenvalue weighted by Crippen LogP contribution is -2.34. The first-order chi connectivity index (χ1) is 9.47. The van der Waals surface area contributed by atoms with Gasteiger partial charge in [0.2, 0.25) is 5.91 Å². The Balaban J connectivity index is 2.10. The van der Waals surface area contributed by atoms with E-state index in [-0.39, 0.29) is 34.9 Å². The van der Waals surface area contributed by atoms with Gasteiger partial charge in [-0.1, -0.05) is 6.42 Å². The average molecular weight is 278 g/mol. The molecule has 5 N–H and O–H groups in total. The molecule has 0 bridgehead atoms. The summed E-state index contributed by atoms with van der Waals surface area (Å²) >= 11 is 0. The first kappa shape index (κ1) is 14.3. The van der Waals surface area contributed by atoms with Crippen LogP contribution in [0.15, 0.2) is 18.2 Å². The number of carboxylic acids is 1. The Labute approximate surface area is 116 Å². The molecule has 1 aromatic carbocycles. The molecule has 0 aliphatic heterocycles. The highest BCUT2D eigenvalue weighted by atomic mass is 16.4. The number of benzene rings is 1. The van der Waals surface area contributed by atoms with Crippen LogP contribution in [0.25, 0.3) is 0 Å². The van der Waals surface area contributed by atoms with Crippen molar-refractivity contribution in [3.63, 3.8) is 0 Å². The van der Waals surface area contributed by atoms with Crippen LogP contribution >= 0.6 is 0 Å². The molecule has 0 heterocycles. The zero-order valence-corrected chi connectivity index (χ0v) is 11.0. The summed E-state index contributed by atoms with van der Waals surface area (Å²) in [6, 6.07) is 3.81. The smallest absolute Gasteiger partial charge is 0.335 e. The maximum absolute atomic E-state index is 12.1. The van der Waals surface area contributed by atoms with E-state index < -0.39 is 5.97 Å². The summed E-state index contributed by atoms with van der Waals surface area (Å²) in [5, 5.41) is 21.2. The Hall–Kier alpha value is -2.08. The topological polar surface area (TPSA) is 113 Å². The molecule has 1 saturated carbocycles. The second-order valence-corrected chi connectivity index (χ2v) is 5.15. The Kier molecular flexibility index (Phi) is 4.24. The van der Waals surface area contributed by atoms with Gasteiger partial charge in [0, 0.05) is 12.0 Å². The zero-order chi connectivity index (χ0) is 14.7. The molecule has 1 aliphatic carbocycles. The van der Waals surface area contributed by atoms with Crippen LogP contribution in [0.2, 0.25) is 0 Å². The van der Waals surface area contributed by atoms with Gasteiger partial charge in [0.1, 0.15) is 5.75 Å². The first-order valence-electron chi connectivity index (χ1n) is 6.60. The van der Waals surface area contributed by atoms with Gasteiger partial charge in [0.15, 0.2) is 0 Å². The fraction of sp³-hybridized carbons (Fsp3) is 0.429. The van der Waals surface area contributed by atoms with Crippen LogP contribution in [-0.2, 0) is 4.79 Å². The molecule has 6 nitrogen and oxygen atoms in total. The monoisotopic (exact) mass is 278 g/mol. The molecule has 1 fully saturated rings. The van der Waals surface area contributed by atoms with E-state index >= 15 is 0 Å². The molecule has 6 heteroatoms. The number of anilines is 1. The van der Waals surface area contributed by atoms with Gasteiger partial charge in [-0.2, -0.15) is 0 Å². The maximum Gasteiger partial charge on any atom is 0.335 e. The highest BCUT2D eigenvalue weighted by Crippen LogP contribution is 2.28. The molecule has 108 valence electrons. The van der Waals surface area contributed by atoms with Crippen molar-refractivity contribution in [2.24, 2.45) is 11.7 Å². The highest BCUT2D eigenvalue weighted by Gasteiger charge is 2.26. The third-order valence-corrected chi connectivity index (χ3v) is 3.59. The molecule has 20 heavy (non-hydrogen) atoms. The maximum atomic E-state index is 12.1. The number of carbonyl (C=O) groups excluding carboxylic acids is 1. The summed E-state index contributed by atoms with van der Waals surface area (Å²) < 4.78 is 0. The highest BCUT2D eigenvalue weighted by molar-refractivity contribution is 5.96. The minimum atomic E-state index is -1.11. The number of carboxylic acid groups (broad SMARTS) is 1. The quantitative estimate of drug-likeness (QED) is 0.626. The normalized spacial score (nSPS) is 22.2. The van der Waals surface area contributed by atoms with E-state index in [2.05, 4.69) is 5.32 Å². The number of nitrogens with one attached hydrogen (secondary N) is 1. The molecule has 1 amide bonds. The second kappa shape index (κ2) is 5.92. The number of phenols is 1. The van der Waals surface area contributed by atoms with E-state index in [9.17, 15) is 14.7 Å². The summed E-state index contributed by atoms with van der Waals surface area (Å²) in [5.74, 6) is -1.67. The van der Waals surface area contributed by atoms with E-state index in [1.54, 1.807) is 0 Å². The van der Waals surface area contributed by atoms with Crippen LogP contribution in [0.3, 0.4) is 0 Å². The molecule has 0 aromatic heterocycles. The van der Waals surface area contributed by atoms with Gasteiger partial charge in [-0.05, 0) is 37.5 Å². The lowest BCUT2D eigenvalue weighted by Gasteiger charge is -2.25. The van der Waals surface area contributed by atoms with Crippen molar-refractivity contribution in [1.29, 1.82) is 0 Å².